The average molecular weight is 369 g/mol. The number of para-hydroxylation sites is 1. The first-order chi connectivity index (χ1) is 11.5. The van der Waals surface area contributed by atoms with Gasteiger partial charge >= 0.3 is 16.3 Å². The van der Waals surface area contributed by atoms with Gasteiger partial charge in [-0.3, -0.25) is 4.31 Å². The van der Waals surface area contributed by atoms with E-state index in [9.17, 15) is 13.2 Å². The molecule has 0 bridgehead atoms. The molecule has 8 heteroatoms. The van der Waals surface area contributed by atoms with Crippen LogP contribution in [0, 0.1) is 0 Å². The molecular formula is C17H27N3O4S. The number of benzene rings is 1. The zero-order valence-corrected chi connectivity index (χ0v) is 16.3. The third-order valence-electron chi connectivity index (χ3n) is 4.16. The summed E-state index contributed by atoms with van der Waals surface area (Å²) < 4.78 is 33.6. The van der Waals surface area contributed by atoms with Crippen LogP contribution in [0.4, 0.5) is 10.5 Å². The number of likely N-dealkylation sites (N-methyl/N-ethyl adjacent to an activating group) is 1. The molecule has 7 nitrogen and oxygen atoms in total. The summed E-state index contributed by atoms with van der Waals surface area (Å²) in [5, 5.41) is 0. The predicted molar refractivity (Wildman–Crippen MR) is 97.7 cm³/mol. The number of nitrogens with zero attached hydrogens (tertiary/aromatic N) is 3. The van der Waals surface area contributed by atoms with Gasteiger partial charge in [-0.2, -0.15) is 12.7 Å². The summed E-state index contributed by atoms with van der Waals surface area (Å²) in [5.74, 6) is 0. The monoisotopic (exact) mass is 369 g/mol. The van der Waals surface area contributed by atoms with Gasteiger partial charge in [0.1, 0.15) is 5.60 Å². The van der Waals surface area contributed by atoms with Crippen LogP contribution in [-0.2, 0) is 14.9 Å². The zero-order valence-electron chi connectivity index (χ0n) is 15.5. The van der Waals surface area contributed by atoms with Gasteiger partial charge in [0.25, 0.3) is 0 Å². The molecule has 1 amide bonds. The Bertz CT molecular complexity index is 700. The number of amides is 1. The van der Waals surface area contributed by atoms with Crippen molar-refractivity contribution in [2.75, 3.05) is 31.5 Å². The molecule has 1 atom stereocenters. The van der Waals surface area contributed by atoms with Gasteiger partial charge in [-0.25, -0.2) is 4.79 Å². The summed E-state index contributed by atoms with van der Waals surface area (Å²) in [6.45, 7) is 6.24. The first kappa shape index (κ1) is 19.5. The fourth-order valence-electron chi connectivity index (χ4n) is 2.68. The van der Waals surface area contributed by atoms with Crippen molar-refractivity contribution in [3.05, 3.63) is 30.3 Å². The van der Waals surface area contributed by atoms with Crippen molar-refractivity contribution >= 4 is 22.0 Å². The Balaban J connectivity index is 2.06. The Kier molecular flexibility index (Phi) is 5.63. The molecule has 1 aliphatic heterocycles. The second kappa shape index (κ2) is 7.21. The lowest BCUT2D eigenvalue weighted by Crippen LogP contribution is -2.46. The molecule has 1 aromatic rings. The highest BCUT2D eigenvalue weighted by molar-refractivity contribution is 7.90. The van der Waals surface area contributed by atoms with Crippen LogP contribution < -0.4 is 4.31 Å². The highest BCUT2D eigenvalue weighted by Crippen LogP contribution is 2.23. The summed E-state index contributed by atoms with van der Waals surface area (Å²) in [6.07, 6.45) is 0.176. The number of hydrogen-bond acceptors (Lipinski definition) is 4. The standard InChI is InChI=1S/C17H27N3O4S/c1-17(2,3)24-16(21)20-12-11-15(13-20)19(5)25(22,23)18(4)14-9-7-6-8-10-14/h6-10,15H,11-13H2,1-5H3. The lowest BCUT2D eigenvalue weighted by molar-refractivity contribution is 0.0287. The highest BCUT2D eigenvalue weighted by Gasteiger charge is 2.37. The van der Waals surface area contributed by atoms with Crippen molar-refractivity contribution in [2.45, 2.75) is 38.8 Å². The van der Waals surface area contributed by atoms with Gasteiger partial charge < -0.3 is 9.64 Å². The van der Waals surface area contributed by atoms with Crippen LogP contribution >= 0.6 is 0 Å². The second-order valence-electron chi connectivity index (χ2n) is 7.20. The Labute approximate surface area is 150 Å². The molecule has 25 heavy (non-hydrogen) atoms. The first-order valence-electron chi connectivity index (χ1n) is 8.27. The summed E-state index contributed by atoms with van der Waals surface area (Å²) in [6, 6.07) is 8.63. The molecule has 0 aliphatic carbocycles. The Morgan fingerprint density at radius 2 is 1.80 bits per heavy atom. The lowest BCUT2D eigenvalue weighted by Gasteiger charge is -2.30. The molecule has 0 radical (unpaired) electrons. The maximum absolute atomic E-state index is 12.8. The molecule has 1 aliphatic rings. The maximum Gasteiger partial charge on any atom is 0.410 e. The Morgan fingerprint density at radius 1 is 1.20 bits per heavy atom. The lowest BCUT2D eigenvalue weighted by atomic mass is 10.2. The molecule has 1 fully saturated rings. The van der Waals surface area contributed by atoms with Crippen LogP contribution in [0.1, 0.15) is 27.2 Å². The number of carbonyl (C=O) groups is 1. The van der Waals surface area contributed by atoms with Crippen molar-refractivity contribution in [3.63, 3.8) is 0 Å². The number of ether oxygens (including phenoxy) is 1. The van der Waals surface area contributed by atoms with Gasteiger partial charge in [0.2, 0.25) is 0 Å². The minimum absolute atomic E-state index is 0.274. The van der Waals surface area contributed by atoms with Gasteiger partial charge in [0.15, 0.2) is 0 Å². The van der Waals surface area contributed by atoms with E-state index >= 15 is 0 Å². The molecule has 1 unspecified atom stereocenters. The smallest absolute Gasteiger partial charge is 0.410 e. The van der Waals surface area contributed by atoms with Crippen molar-refractivity contribution in [1.29, 1.82) is 0 Å². The molecule has 1 saturated heterocycles. The number of anilines is 1. The normalized spacial score (nSPS) is 18.5. The molecule has 1 heterocycles. The maximum atomic E-state index is 12.8. The summed E-state index contributed by atoms with van der Waals surface area (Å²) in [7, 11) is -0.589. The van der Waals surface area contributed by atoms with E-state index in [0.29, 0.717) is 25.2 Å². The minimum atomic E-state index is -3.67. The van der Waals surface area contributed by atoms with Gasteiger partial charge in [0.05, 0.1) is 5.69 Å². The minimum Gasteiger partial charge on any atom is -0.444 e. The molecule has 0 N–H and O–H groups in total. The van der Waals surface area contributed by atoms with Crippen LogP contribution in [0.2, 0.25) is 0 Å². The third-order valence-corrected chi connectivity index (χ3v) is 6.09. The molecule has 0 aromatic heterocycles. The number of likely N-dealkylation sites (tertiary alicyclic amines) is 1. The molecule has 1 aromatic carbocycles. The second-order valence-corrected chi connectivity index (χ2v) is 9.22. The Morgan fingerprint density at radius 3 is 2.36 bits per heavy atom. The van der Waals surface area contributed by atoms with Gasteiger partial charge in [-0.1, -0.05) is 18.2 Å². The van der Waals surface area contributed by atoms with Gasteiger partial charge in [-0.15, -0.1) is 0 Å². The molecule has 0 spiro atoms. The van der Waals surface area contributed by atoms with E-state index in [1.807, 2.05) is 26.8 Å². The fraction of sp³-hybridized carbons (Fsp3) is 0.588. The van der Waals surface area contributed by atoms with Crippen LogP contribution in [0.5, 0.6) is 0 Å². The van der Waals surface area contributed by atoms with Crippen LogP contribution in [0.3, 0.4) is 0 Å². The summed E-state index contributed by atoms with van der Waals surface area (Å²) in [4.78, 5) is 13.7. The molecule has 0 saturated carbocycles. The molecular weight excluding hydrogens is 342 g/mol. The fourth-order valence-corrected chi connectivity index (χ4v) is 4.01. The van der Waals surface area contributed by atoms with Gasteiger partial charge in [0, 0.05) is 33.2 Å². The van der Waals surface area contributed by atoms with E-state index < -0.39 is 21.9 Å². The molecule has 2 rings (SSSR count). The predicted octanol–water partition coefficient (Wildman–Crippen LogP) is 2.31. The van der Waals surface area contributed by atoms with E-state index in [4.69, 9.17) is 4.74 Å². The van der Waals surface area contributed by atoms with Gasteiger partial charge in [-0.05, 0) is 39.3 Å². The quantitative estimate of drug-likeness (QED) is 0.817. The van der Waals surface area contributed by atoms with Crippen LogP contribution in [-0.4, -0.2) is 62.5 Å². The van der Waals surface area contributed by atoms with E-state index in [0.717, 1.165) is 0 Å². The summed E-state index contributed by atoms with van der Waals surface area (Å²) >= 11 is 0. The van der Waals surface area contributed by atoms with Crippen molar-refractivity contribution < 1.29 is 17.9 Å². The first-order valence-corrected chi connectivity index (χ1v) is 9.67. The SMILES string of the molecule is CN(c1ccccc1)S(=O)(=O)N(C)C1CCN(C(=O)OC(C)(C)C)C1. The summed E-state index contributed by atoms with van der Waals surface area (Å²) in [5.41, 5.74) is 0.0251. The Hall–Kier alpha value is -1.80. The van der Waals surface area contributed by atoms with Crippen LogP contribution in [0.15, 0.2) is 30.3 Å². The van der Waals surface area contributed by atoms with Crippen molar-refractivity contribution in [3.8, 4) is 0 Å². The number of hydrogen-bond donors (Lipinski definition) is 0. The number of carbonyl (C=O) groups excluding carboxylic acids is 1. The molecule has 140 valence electrons. The van der Waals surface area contributed by atoms with Crippen molar-refractivity contribution in [1.82, 2.24) is 9.21 Å². The van der Waals surface area contributed by atoms with E-state index in [2.05, 4.69) is 0 Å². The van der Waals surface area contributed by atoms with E-state index in [1.165, 1.54) is 15.7 Å². The largest absolute Gasteiger partial charge is 0.444 e. The topological polar surface area (TPSA) is 70.2 Å². The van der Waals surface area contributed by atoms with Crippen LogP contribution in [0.25, 0.3) is 0 Å². The average Bonchev–Trinajstić information content (AvgIpc) is 3.02. The zero-order chi connectivity index (χ0) is 18.8. The van der Waals surface area contributed by atoms with E-state index in [1.54, 1.807) is 36.2 Å². The number of rotatable bonds is 4. The highest BCUT2D eigenvalue weighted by atomic mass is 32.2. The van der Waals surface area contributed by atoms with Crippen molar-refractivity contribution in [2.24, 2.45) is 0 Å². The van der Waals surface area contributed by atoms with E-state index in [-0.39, 0.29) is 6.04 Å². The third kappa shape index (κ3) is 4.64.